The van der Waals surface area contributed by atoms with Crippen LogP contribution in [0.5, 0.6) is 0 Å². The molecule has 9 heavy (non-hydrogen) atoms. The average molecular weight is 295 g/mol. The van der Waals surface area contributed by atoms with Crippen LogP contribution in [0.2, 0.25) is 0 Å². The molecule has 0 fully saturated rings. The molecule has 2 heteroatoms. The summed E-state index contributed by atoms with van der Waals surface area (Å²) < 4.78 is 0. The van der Waals surface area contributed by atoms with Gasteiger partial charge in [-0.2, -0.15) is 5.92 Å². The molecule has 0 aromatic carbocycles. The van der Waals surface area contributed by atoms with E-state index >= 15 is 0 Å². The molecule has 0 aromatic heterocycles. The van der Waals surface area contributed by atoms with Gasteiger partial charge in [-0.1, -0.05) is 13.8 Å². The van der Waals surface area contributed by atoms with E-state index in [1.807, 2.05) is 26.0 Å². The van der Waals surface area contributed by atoms with Crippen LogP contribution >= 0.6 is 0 Å². The SMILES string of the molecule is CN(C)C.[CH2-]C(C)C.[Hf+4]. The van der Waals surface area contributed by atoms with E-state index in [0.29, 0.717) is 5.92 Å². The minimum absolute atomic E-state index is 0. The molecule has 0 spiro atoms. The molecule has 0 amide bonds. The van der Waals surface area contributed by atoms with Crippen LogP contribution < -0.4 is 0 Å². The monoisotopic (exact) mass is 296 g/mol. The largest absolute Gasteiger partial charge is 4.00 e. The molecule has 0 saturated heterocycles. The van der Waals surface area contributed by atoms with Crippen LogP contribution in [0.15, 0.2) is 0 Å². The third-order valence-electron chi connectivity index (χ3n) is 0. The zero-order valence-corrected chi connectivity index (χ0v) is 10.8. The molecule has 0 bridgehead atoms. The van der Waals surface area contributed by atoms with Gasteiger partial charge in [-0.3, -0.25) is 0 Å². The van der Waals surface area contributed by atoms with Gasteiger partial charge in [0, 0.05) is 0 Å². The Balaban J connectivity index is -0.0000000720. The van der Waals surface area contributed by atoms with Crippen molar-refractivity contribution in [2.45, 2.75) is 13.8 Å². The Bertz CT molecular complexity index is 24.4. The number of hydrogen-bond acceptors (Lipinski definition) is 1. The van der Waals surface area contributed by atoms with Gasteiger partial charge >= 0.3 is 25.8 Å². The van der Waals surface area contributed by atoms with E-state index in [1.54, 1.807) is 0 Å². The summed E-state index contributed by atoms with van der Waals surface area (Å²) in [5.74, 6) is 0.583. The quantitative estimate of drug-likeness (QED) is 0.485. The van der Waals surface area contributed by atoms with E-state index in [1.165, 1.54) is 0 Å². The van der Waals surface area contributed by atoms with Crippen molar-refractivity contribution in [3.05, 3.63) is 6.92 Å². The van der Waals surface area contributed by atoms with E-state index < -0.39 is 0 Å². The van der Waals surface area contributed by atoms with Crippen LogP contribution in [0.3, 0.4) is 0 Å². The first kappa shape index (κ1) is 16.4. The summed E-state index contributed by atoms with van der Waals surface area (Å²) >= 11 is 0. The van der Waals surface area contributed by atoms with Crippen LogP contribution in [0.25, 0.3) is 0 Å². The van der Waals surface area contributed by atoms with Crippen molar-refractivity contribution in [3.8, 4) is 0 Å². The van der Waals surface area contributed by atoms with Gasteiger partial charge in [-0.15, -0.1) is 0 Å². The summed E-state index contributed by atoms with van der Waals surface area (Å²) in [5.41, 5.74) is 0. The second kappa shape index (κ2) is 11.6. The zero-order chi connectivity index (χ0) is 7.15. The molecule has 1 nitrogen and oxygen atoms in total. The summed E-state index contributed by atoms with van der Waals surface area (Å²) in [4.78, 5) is 2.00. The van der Waals surface area contributed by atoms with Crippen molar-refractivity contribution in [3.63, 3.8) is 0 Å². The van der Waals surface area contributed by atoms with Gasteiger partial charge < -0.3 is 11.8 Å². The fourth-order valence-corrected chi connectivity index (χ4v) is 0. The topological polar surface area (TPSA) is 3.24 Å². The van der Waals surface area contributed by atoms with Crippen molar-refractivity contribution in [1.29, 1.82) is 0 Å². The summed E-state index contributed by atoms with van der Waals surface area (Å²) in [7, 11) is 6.00. The van der Waals surface area contributed by atoms with Crippen molar-refractivity contribution in [2.75, 3.05) is 21.1 Å². The van der Waals surface area contributed by atoms with E-state index in [2.05, 4.69) is 20.8 Å². The maximum Gasteiger partial charge on any atom is 4.00 e. The molecule has 0 aliphatic heterocycles. The molecular weight excluding hydrogens is 277 g/mol. The molecule has 0 aromatic rings. The molecule has 0 atom stereocenters. The molecule has 0 radical (unpaired) electrons. The summed E-state index contributed by atoms with van der Waals surface area (Å²) in [6.45, 7) is 7.75. The Morgan fingerprint density at radius 1 is 1.11 bits per heavy atom. The van der Waals surface area contributed by atoms with Crippen LogP contribution in [0.4, 0.5) is 0 Å². The minimum Gasteiger partial charge on any atom is -0.341 e. The fourth-order valence-electron chi connectivity index (χ4n) is 0. The fraction of sp³-hybridized carbons (Fsp3) is 0.857. The Kier molecular flexibility index (Phi) is 21.2. The van der Waals surface area contributed by atoms with Gasteiger partial charge in [-0.25, -0.2) is 0 Å². The molecular formula is C7H18HfN+3. The molecule has 0 heterocycles. The van der Waals surface area contributed by atoms with Crippen LogP contribution in [-0.2, 0) is 25.8 Å². The van der Waals surface area contributed by atoms with Crippen LogP contribution in [0.1, 0.15) is 13.8 Å². The normalized spacial score (nSPS) is 8.00. The Hall–Kier alpha value is 0.830. The van der Waals surface area contributed by atoms with Crippen LogP contribution in [-0.4, -0.2) is 26.0 Å². The second-order valence-electron chi connectivity index (χ2n) is 2.74. The zero-order valence-electron chi connectivity index (χ0n) is 7.23. The smallest absolute Gasteiger partial charge is 0.341 e. The van der Waals surface area contributed by atoms with Gasteiger partial charge in [0.05, 0.1) is 0 Å². The number of rotatable bonds is 0. The first-order valence-electron chi connectivity index (χ1n) is 2.90. The van der Waals surface area contributed by atoms with Crippen molar-refractivity contribution in [2.24, 2.45) is 5.92 Å². The second-order valence-corrected chi connectivity index (χ2v) is 2.74. The molecule has 0 rings (SSSR count). The van der Waals surface area contributed by atoms with Crippen LogP contribution in [0, 0.1) is 12.8 Å². The first-order chi connectivity index (χ1) is 3.46. The average Bonchev–Trinajstić information content (AvgIpc) is 1.25. The molecule has 0 saturated carbocycles. The van der Waals surface area contributed by atoms with Crippen molar-refractivity contribution < 1.29 is 25.8 Å². The van der Waals surface area contributed by atoms with Crippen molar-refractivity contribution in [1.82, 2.24) is 4.90 Å². The summed E-state index contributed by atoms with van der Waals surface area (Å²) in [5, 5.41) is 0. The first-order valence-corrected chi connectivity index (χ1v) is 2.90. The molecule has 52 valence electrons. The Morgan fingerprint density at radius 3 is 1.11 bits per heavy atom. The van der Waals surface area contributed by atoms with Gasteiger partial charge in [0.25, 0.3) is 0 Å². The molecule has 0 unspecified atom stereocenters. The van der Waals surface area contributed by atoms with Gasteiger partial charge in [0.15, 0.2) is 0 Å². The van der Waals surface area contributed by atoms with E-state index in [4.69, 9.17) is 0 Å². The van der Waals surface area contributed by atoms with Crippen molar-refractivity contribution >= 4 is 0 Å². The Labute approximate surface area is 78.6 Å². The Morgan fingerprint density at radius 2 is 1.11 bits per heavy atom. The molecule has 0 N–H and O–H groups in total. The van der Waals surface area contributed by atoms with E-state index in [-0.39, 0.29) is 25.8 Å². The van der Waals surface area contributed by atoms with Gasteiger partial charge in [0.2, 0.25) is 0 Å². The maximum atomic E-state index is 3.64. The predicted octanol–water partition coefficient (Wildman–Crippen LogP) is 1.65. The van der Waals surface area contributed by atoms with Gasteiger partial charge in [-0.05, 0) is 21.1 Å². The number of nitrogens with zero attached hydrogens (tertiary/aromatic N) is 1. The standard InChI is InChI=1S/C4H9.C3H9N.Hf/c2*1-4(2)3;/h4H,1H2,2-3H3;1-3H3;/q-1;;+4. The number of hydrogen-bond donors (Lipinski definition) is 0. The minimum atomic E-state index is 0. The predicted molar refractivity (Wildman–Crippen MR) is 39.8 cm³/mol. The summed E-state index contributed by atoms with van der Waals surface area (Å²) in [6.07, 6.45) is 0. The third-order valence-corrected chi connectivity index (χ3v) is 0. The van der Waals surface area contributed by atoms with E-state index in [0.717, 1.165) is 0 Å². The molecule has 0 aliphatic carbocycles. The third kappa shape index (κ3) is 598. The maximum absolute atomic E-state index is 3.64. The van der Waals surface area contributed by atoms with E-state index in [9.17, 15) is 0 Å². The molecule has 0 aliphatic rings. The van der Waals surface area contributed by atoms with Gasteiger partial charge in [0.1, 0.15) is 0 Å². The summed E-state index contributed by atoms with van der Waals surface area (Å²) in [6, 6.07) is 0.